The molecule has 0 N–H and O–H groups in total. The first kappa shape index (κ1) is 13.3. The van der Waals surface area contributed by atoms with Crippen LogP contribution in [0.1, 0.15) is 20.3 Å². The molecule has 0 saturated carbocycles. The van der Waals surface area contributed by atoms with Crippen LogP contribution in [-0.2, 0) is 14.2 Å². The summed E-state index contributed by atoms with van der Waals surface area (Å²) in [4.78, 5) is 13.3. The maximum absolute atomic E-state index is 11.7. The summed E-state index contributed by atoms with van der Waals surface area (Å²) < 4.78 is 15.7. The molecule has 1 rings (SSSR count). The van der Waals surface area contributed by atoms with Crippen LogP contribution in [0.5, 0.6) is 0 Å². The SMILES string of the molecule is COCC1(OC)CCN(C(=O)OC(C)C)C1. The lowest BCUT2D eigenvalue weighted by atomic mass is 10.1. The smallest absolute Gasteiger partial charge is 0.410 e. The van der Waals surface area contributed by atoms with Gasteiger partial charge in [0.25, 0.3) is 0 Å². The number of hydrogen-bond acceptors (Lipinski definition) is 4. The van der Waals surface area contributed by atoms with Gasteiger partial charge >= 0.3 is 6.09 Å². The van der Waals surface area contributed by atoms with Crippen molar-refractivity contribution in [1.82, 2.24) is 4.90 Å². The predicted molar refractivity (Wildman–Crippen MR) is 59.4 cm³/mol. The number of amides is 1. The van der Waals surface area contributed by atoms with Gasteiger partial charge in [-0.1, -0.05) is 0 Å². The van der Waals surface area contributed by atoms with Gasteiger partial charge in [0.2, 0.25) is 0 Å². The van der Waals surface area contributed by atoms with Crippen molar-refractivity contribution in [2.45, 2.75) is 32.0 Å². The van der Waals surface area contributed by atoms with Crippen LogP contribution < -0.4 is 0 Å². The van der Waals surface area contributed by atoms with Crippen molar-refractivity contribution in [1.29, 1.82) is 0 Å². The Morgan fingerprint density at radius 3 is 2.62 bits per heavy atom. The summed E-state index contributed by atoms with van der Waals surface area (Å²) in [5.41, 5.74) is -0.370. The standard InChI is InChI=1S/C11H21NO4/c1-9(2)16-10(13)12-6-5-11(7-12,15-4)8-14-3/h9H,5-8H2,1-4H3. The zero-order valence-electron chi connectivity index (χ0n) is 10.5. The Balaban J connectivity index is 2.53. The highest BCUT2D eigenvalue weighted by atomic mass is 16.6. The van der Waals surface area contributed by atoms with Crippen LogP contribution in [0.3, 0.4) is 0 Å². The number of carbonyl (C=O) groups excluding carboxylic acids is 1. The zero-order chi connectivity index (χ0) is 12.2. The Morgan fingerprint density at radius 1 is 1.44 bits per heavy atom. The number of nitrogens with zero attached hydrogens (tertiary/aromatic N) is 1. The first-order chi connectivity index (χ1) is 7.53. The molecule has 1 unspecified atom stereocenters. The predicted octanol–water partition coefficient (Wildman–Crippen LogP) is 1.27. The monoisotopic (exact) mass is 231 g/mol. The molecule has 5 nitrogen and oxygen atoms in total. The lowest BCUT2D eigenvalue weighted by Crippen LogP contribution is -2.41. The van der Waals surface area contributed by atoms with E-state index in [1.165, 1.54) is 0 Å². The van der Waals surface area contributed by atoms with E-state index in [1.807, 2.05) is 13.8 Å². The molecule has 16 heavy (non-hydrogen) atoms. The van der Waals surface area contributed by atoms with E-state index in [4.69, 9.17) is 14.2 Å². The normalized spacial score (nSPS) is 25.2. The molecule has 0 radical (unpaired) electrons. The average molecular weight is 231 g/mol. The third-order valence-electron chi connectivity index (χ3n) is 2.75. The van der Waals surface area contributed by atoms with Gasteiger partial charge in [0.1, 0.15) is 5.60 Å². The molecule has 1 saturated heterocycles. The highest BCUT2D eigenvalue weighted by Gasteiger charge is 2.41. The van der Waals surface area contributed by atoms with Crippen LogP contribution >= 0.6 is 0 Å². The summed E-state index contributed by atoms with van der Waals surface area (Å²) >= 11 is 0. The number of ether oxygens (including phenoxy) is 3. The van der Waals surface area contributed by atoms with Gasteiger partial charge in [-0.15, -0.1) is 0 Å². The van der Waals surface area contributed by atoms with Crippen molar-refractivity contribution < 1.29 is 19.0 Å². The largest absolute Gasteiger partial charge is 0.447 e. The molecule has 0 aromatic heterocycles. The third kappa shape index (κ3) is 3.09. The highest BCUT2D eigenvalue weighted by molar-refractivity contribution is 5.68. The van der Waals surface area contributed by atoms with Crippen molar-refractivity contribution in [3.8, 4) is 0 Å². The fraction of sp³-hybridized carbons (Fsp3) is 0.909. The first-order valence-corrected chi connectivity index (χ1v) is 5.52. The van der Waals surface area contributed by atoms with E-state index in [2.05, 4.69) is 0 Å². The maximum atomic E-state index is 11.7. The molecule has 1 heterocycles. The summed E-state index contributed by atoms with van der Waals surface area (Å²) in [5, 5.41) is 0. The second-order valence-electron chi connectivity index (χ2n) is 4.42. The van der Waals surface area contributed by atoms with Crippen LogP contribution in [0.4, 0.5) is 4.79 Å². The Kier molecular flexibility index (Phi) is 4.56. The summed E-state index contributed by atoms with van der Waals surface area (Å²) in [5.74, 6) is 0. The van der Waals surface area contributed by atoms with Gasteiger partial charge in [0.15, 0.2) is 0 Å². The van der Waals surface area contributed by atoms with Gasteiger partial charge in [-0.3, -0.25) is 0 Å². The molecule has 1 amide bonds. The van der Waals surface area contributed by atoms with E-state index in [0.717, 1.165) is 6.42 Å². The number of carbonyl (C=O) groups is 1. The lowest BCUT2D eigenvalue weighted by molar-refractivity contribution is -0.0555. The van der Waals surface area contributed by atoms with Gasteiger partial charge in [-0.05, 0) is 20.3 Å². The van der Waals surface area contributed by atoms with Crippen LogP contribution in [0.2, 0.25) is 0 Å². The molecule has 0 aromatic rings. The van der Waals surface area contributed by atoms with Crippen molar-refractivity contribution in [2.75, 3.05) is 33.9 Å². The third-order valence-corrected chi connectivity index (χ3v) is 2.75. The summed E-state index contributed by atoms with van der Waals surface area (Å²) in [7, 11) is 3.28. The molecule has 0 aromatic carbocycles. The zero-order valence-corrected chi connectivity index (χ0v) is 10.5. The quantitative estimate of drug-likeness (QED) is 0.731. The minimum Gasteiger partial charge on any atom is -0.447 e. The van der Waals surface area contributed by atoms with Crippen molar-refractivity contribution in [2.24, 2.45) is 0 Å². The molecule has 0 aliphatic carbocycles. The van der Waals surface area contributed by atoms with Gasteiger partial charge in [-0.25, -0.2) is 4.79 Å². The maximum Gasteiger partial charge on any atom is 0.410 e. The Labute approximate surface area is 96.6 Å². The van der Waals surface area contributed by atoms with Gasteiger partial charge in [0.05, 0.1) is 19.3 Å². The highest BCUT2D eigenvalue weighted by Crippen LogP contribution is 2.25. The molecule has 1 aliphatic heterocycles. The molecule has 1 atom stereocenters. The second kappa shape index (κ2) is 5.50. The van der Waals surface area contributed by atoms with E-state index in [-0.39, 0.29) is 17.8 Å². The van der Waals surface area contributed by atoms with E-state index in [0.29, 0.717) is 19.7 Å². The molecular weight excluding hydrogens is 210 g/mol. The van der Waals surface area contributed by atoms with Gasteiger partial charge < -0.3 is 19.1 Å². The number of methoxy groups -OCH3 is 2. The van der Waals surface area contributed by atoms with E-state index < -0.39 is 0 Å². The molecule has 94 valence electrons. The lowest BCUT2D eigenvalue weighted by Gasteiger charge is -2.26. The van der Waals surface area contributed by atoms with Crippen molar-refractivity contribution in [3.05, 3.63) is 0 Å². The molecule has 1 aliphatic rings. The number of rotatable bonds is 4. The topological polar surface area (TPSA) is 48.0 Å². The minimum atomic E-state index is -0.370. The summed E-state index contributed by atoms with van der Waals surface area (Å²) in [6, 6.07) is 0. The number of likely N-dealkylation sites (tertiary alicyclic amines) is 1. The van der Waals surface area contributed by atoms with E-state index in [9.17, 15) is 4.79 Å². The minimum absolute atomic E-state index is 0.0903. The average Bonchev–Trinajstić information content (AvgIpc) is 2.63. The van der Waals surface area contributed by atoms with Crippen LogP contribution in [0.15, 0.2) is 0 Å². The molecule has 5 heteroatoms. The molecule has 1 fully saturated rings. The molecular formula is C11H21NO4. The van der Waals surface area contributed by atoms with Crippen LogP contribution in [0, 0.1) is 0 Å². The first-order valence-electron chi connectivity index (χ1n) is 5.52. The fourth-order valence-electron chi connectivity index (χ4n) is 1.88. The molecule has 0 bridgehead atoms. The fourth-order valence-corrected chi connectivity index (χ4v) is 1.88. The Bertz CT molecular complexity index is 244. The van der Waals surface area contributed by atoms with Crippen molar-refractivity contribution in [3.63, 3.8) is 0 Å². The summed E-state index contributed by atoms with van der Waals surface area (Å²) in [6.45, 7) is 5.36. The Morgan fingerprint density at radius 2 is 2.12 bits per heavy atom. The van der Waals surface area contributed by atoms with Gasteiger partial charge in [0, 0.05) is 20.8 Å². The van der Waals surface area contributed by atoms with E-state index >= 15 is 0 Å². The summed E-state index contributed by atoms with van der Waals surface area (Å²) in [6.07, 6.45) is 0.419. The number of hydrogen-bond donors (Lipinski definition) is 0. The Hall–Kier alpha value is -0.810. The van der Waals surface area contributed by atoms with Crippen LogP contribution in [-0.4, -0.2) is 56.6 Å². The van der Waals surface area contributed by atoms with Crippen molar-refractivity contribution >= 4 is 6.09 Å². The van der Waals surface area contributed by atoms with Gasteiger partial charge in [-0.2, -0.15) is 0 Å². The molecule has 0 spiro atoms. The van der Waals surface area contributed by atoms with E-state index in [1.54, 1.807) is 19.1 Å². The second-order valence-corrected chi connectivity index (χ2v) is 4.42. The van der Waals surface area contributed by atoms with Crippen LogP contribution in [0.25, 0.3) is 0 Å².